The summed E-state index contributed by atoms with van der Waals surface area (Å²) in [5, 5.41) is 20.1. The van der Waals surface area contributed by atoms with Crippen LogP contribution in [0.4, 0.5) is 0 Å². The number of aliphatic hydroxyl groups is 2. The van der Waals surface area contributed by atoms with Gasteiger partial charge in [0, 0.05) is 0 Å². The Kier molecular flexibility index (Phi) is 4.99. The van der Waals surface area contributed by atoms with Crippen LogP contribution >= 0.6 is 0 Å². The first-order chi connectivity index (χ1) is 10.2. The molecule has 1 aromatic carbocycles. The van der Waals surface area contributed by atoms with E-state index in [2.05, 4.69) is 0 Å². The fourth-order valence-electron chi connectivity index (χ4n) is 2.42. The Morgan fingerprint density at radius 2 is 1.73 bits per heavy atom. The van der Waals surface area contributed by atoms with Crippen LogP contribution in [-0.2, 0) is 9.31 Å². The summed E-state index contributed by atoms with van der Waals surface area (Å²) in [4.78, 5) is 0. The molecule has 4 N–H and O–H groups in total. The second-order valence-electron chi connectivity index (χ2n) is 6.85. The standard InChI is InChI=1S/C16H26BNO4/c1-15(2)16(3,4)22-17(21-15)12-7-5-6-11(10-12)14(20)13(19)8-9-18/h5-7,10,13-14,19-20H,8-9,18H2,1-4H3. The number of hydrogen-bond donors (Lipinski definition) is 3. The molecular formula is C16H26BNO4. The molecule has 2 unspecified atom stereocenters. The molecular weight excluding hydrogens is 281 g/mol. The van der Waals surface area contributed by atoms with E-state index in [0.29, 0.717) is 18.5 Å². The number of nitrogens with two attached hydrogens (primary N) is 1. The van der Waals surface area contributed by atoms with Gasteiger partial charge in [0.2, 0.25) is 0 Å². The number of hydrogen-bond acceptors (Lipinski definition) is 5. The van der Waals surface area contributed by atoms with Gasteiger partial charge in [0.1, 0.15) is 6.10 Å². The minimum atomic E-state index is -0.967. The first-order valence-electron chi connectivity index (χ1n) is 7.69. The molecule has 0 bridgehead atoms. The summed E-state index contributed by atoms with van der Waals surface area (Å²) in [6.07, 6.45) is -1.49. The van der Waals surface area contributed by atoms with Gasteiger partial charge in [-0.2, -0.15) is 0 Å². The SMILES string of the molecule is CC1(C)OB(c2cccc(C(O)C(O)CCN)c2)OC1(C)C. The van der Waals surface area contributed by atoms with Crippen LogP contribution in [0.1, 0.15) is 45.8 Å². The molecule has 0 aromatic heterocycles. The summed E-state index contributed by atoms with van der Waals surface area (Å²) in [7, 11) is -0.483. The van der Waals surface area contributed by atoms with Crippen molar-refractivity contribution in [2.24, 2.45) is 5.73 Å². The Balaban J connectivity index is 2.20. The zero-order chi connectivity index (χ0) is 16.5. The zero-order valence-corrected chi connectivity index (χ0v) is 13.7. The first kappa shape index (κ1) is 17.4. The smallest absolute Gasteiger partial charge is 0.399 e. The van der Waals surface area contributed by atoms with E-state index >= 15 is 0 Å². The van der Waals surface area contributed by atoms with Crippen LogP contribution in [0.5, 0.6) is 0 Å². The molecule has 1 saturated heterocycles. The van der Waals surface area contributed by atoms with Crippen LogP contribution in [0.3, 0.4) is 0 Å². The predicted molar refractivity (Wildman–Crippen MR) is 86.8 cm³/mol. The normalized spacial score (nSPS) is 22.6. The summed E-state index contributed by atoms with van der Waals surface area (Å²) in [6, 6.07) is 7.31. The highest BCUT2D eigenvalue weighted by Gasteiger charge is 2.51. The average Bonchev–Trinajstić information content (AvgIpc) is 2.67. The Bertz CT molecular complexity index is 505. The van der Waals surface area contributed by atoms with Crippen molar-refractivity contribution in [1.82, 2.24) is 0 Å². The molecule has 1 fully saturated rings. The third-order valence-electron chi connectivity index (χ3n) is 4.60. The van der Waals surface area contributed by atoms with Crippen LogP contribution < -0.4 is 11.2 Å². The van der Waals surface area contributed by atoms with E-state index in [1.807, 2.05) is 45.9 Å². The van der Waals surface area contributed by atoms with Crippen LogP contribution in [0.2, 0.25) is 0 Å². The maximum atomic E-state index is 10.2. The fourth-order valence-corrected chi connectivity index (χ4v) is 2.42. The molecule has 2 rings (SSSR count). The van der Waals surface area contributed by atoms with Crippen LogP contribution in [0, 0.1) is 0 Å². The van der Waals surface area contributed by atoms with E-state index in [-0.39, 0.29) is 0 Å². The molecule has 2 atom stereocenters. The highest BCUT2D eigenvalue weighted by atomic mass is 16.7. The molecule has 0 aliphatic carbocycles. The lowest BCUT2D eigenvalue weighted by molar-refractivity contribution is 0.00578. The molecule has 1 aliphatic rings. The summed E-state index contributed by atoms with van der Waals surface area (Å²) < 4.78 is 12.0. The van der Waals surface area contributed by atoms with E-state index in [4.69, 9.17) is 15.0 Å². The molecule has 0 amide bonds. The maximum absolute atomic E-state index is 10.2. The van der Waals surface area contributed by atoms with Gasteiger partial charge in [0.15, 0.2) is 0 Å². The average molecular weight is 307 g/mol. The van der Waals surface area contributed by atoms with Gasteiger partial charge in [0.25, 0.3) is 0 Å². The Morgan fingerprint density at radius 1 is 1.14 bits per heavy atom. The number of aliphatic hydroxyl groups excluding tert-OH is 2. The van der Waals surface area contributed by atoms with Gasteiger partial charge in [-0.3, -0.25) is 0 Å². The van der Waals surface area contributed by atoms with Crippen molar-refractivity contribution >= 4 is 12.6 Å². The van der Waals surface area contributed by atoms with Crippen molar-refractivity contribution in [3.63, 3.8) is 0 Å². The van der Waals surface area contributed by atoms with Crippen molar-refractivity contribution in [3.05, 3.63) is 29.8 Å². The van der Waals surface area contributed by atoms with Crippen LogP contribution in [0.15, 0.2) is 24.3 Å². The number of benzene rings is 1. The van der Waals surface area contributed by atoms with Crippen molar-refractivity contribution in [1.29, 1.82) is 0 Å². The Morgan fingerprint density at radius 3 is 2.27 bits per heavy atom. The van der Waals surface area contributed by atoms with Crippen molar-refractivity contribution in [2.75, 3.05) is 6.54 Å². The zero-order valence-electron chi connectivity index (χ0n) is 13.7. The lowest BCUT2D eigenvalue weighted by Crippen LogP contribution is -2.41. The van der Waals surface area contributed by atoms with Crippen molar-refractivity contribution in [3.8, 4) is 0 Å². The Labute approximate surface area is 132 Å². The summed E-state index contributed by atoms with van der Waals surface area (Å²) in [6.45, 7) is 8.32. The quantitative estimate of drug-likeness (QED) is 0.698. The van der Waals surface area contributed by atoms with Gasteiger partial charge in [0.05, 0.1) is 17.3 Å². The first-order valence-corrected chi connectivity index (χ1v) is 7.69. The minimum Gasteiger partial charge on any atom is -0.399 e. The maximum Gasteiger partial charge on any atom is 0.494 e. The summed E-state index contributed by atoms with van der Waals surface area (Å²) in [5.41, 5.74) is 6.06. The molecule has 1 aliphatic heterocycles. The van der Waals surface area contributed by atoms with Gasteiger partial charge in [-0.15, -0.1) is 0 Å². The molecule has 0 saturated carbocycles. The van der Waals surface area contributed by atoms with Gasteiger partial charge in [-0.25, -0.2) is 0 Å². The third kappa shape index (κ3) is 3.36. The monoisotopic (exact) mass is 307 g/mol. The van der Waals surface area contributed by atoms with Crippen molar-refractivity contribution < 1.29 is 19.5 Å². The number of rotatable bonds is 5. The molecule has 6 heteroatoms. The van der Waals surface area contributed by atoms with Gasteiger partial charge < -0.3 is 25.3 Å². The molecule has 0 spiro atoms. The van der Waals surface area contributed by atoms with Crippen LogP contribution in [-0.4, -0.2) is 41.2 Å². The predicted octanol–water partition coefficient (Wildman–Crippen LogP) is 0.729. The summed E-state index contributed by atoms with van der Waals surface area (Å²) >= 11 is 0. The van der Waals surface area contributed by atoms with Gasteiger partial charge >= 0.3 is 7.12 Å². The third-order valence-corrected chi connectivity index (χ3v) is 4.60. The fraction of sp³-hybridized carbons (Fsp3) is 0.625. The van der Waals surface area contributed by atoms with E-state index in [1.54, 1.807) is 6.07 Å². The largest absolute Gasteiger partial charge is 0.494 e. The summed E-state index contributed by atoms with van der Waals surface area (Å²) in [5.74, 6) is 0. The van der Waals surface area contributed by atoms with Crippen LogP contribution in [0.25, 0.3) is 0 Å². The van der Waals surface area contributed by atoms with E-state index in [0.717, 1.165) is 5.46 Å². The molecule has 5 nitrogen and oxygen atoms in total. The molecule has 1 heterocycles. The highest BCUT2D eigenvalue weighted by Crippen LogP contribution is 2.36. The van der Waals surface area contributed by atoms with Crippen molar-refractivity contribution in [2.45, 2.75) is 57.5 Å². The highest BCUT2D eigenvalue weighted by molar-refractivity contribution is 6.62. The molecule has 122 valence electrons. The second-order valence-corrected chi connectivity index (χ2v) is 6.85. The van der Waals surface area contributed by atoms with E-state index in [9.17, 15) is 10.2 Å². The van der Waals surface area contributed by atoms with Gasteiger partial charge in [-0.1, -0.05) is 24.3 Å². The van der Waals surface area contributed by atoms with E-state index < -0.39 is 30.5 Å². The molecule has 1 aromatic rings. The molecule has 0 radical (unpaired) electrons. The minimum absolute atomic E-state index is 0.329. The topological polar surface area (TPSA) is 84.9 Å². The lowest BCUT2D eigenvalue weighted by Gasteiger charge is -2.32. The second kappa shape index (κ2) is 6.30. The van der Waals surface area contributed by atoms with Gasteiger partial charge in [-0.05, 0) is 51.7 Å². The Hall–Kier alpha value is -0.915. The van der Waals surface area contributed by atoms with E-state index in [1.165, 1.54) is 0 Å². The lowest BCUT2D eigenvalue weighted by atomic mass is 9.78. The molecule has 22 heavy (non-hydrogen) atoms.